The lowest BCUT2D eigenvalue weighted by atomic mass is 9.56. The number of amides is 1. The molecule has 3 aliphatic carbocycles. The van der Waals surface area contributed by atoms with Crippen molar-refractivity contribution in [2.24, 2.45) is 5.92 Å². The number of benzene rings is 2. The number of nitrogens with one attached hydrogen (secondary N) is 1. The first kappa shape index (κ1) is 19.3. The summed E-state index contributed by atoms with van der Waals surface area (Å²) in [4.78, 5) is 15.4. The van der Waals surface area contributed by atoms with Crippen LogP contribution in [0.4, 0.5) is 0 Å². The Morgan fingerprint density at radius 1 is 1.13 bits per heavy atom. The number of phenolic OH excluding ortho intramolecular Hbond substituents is 1. The maximum atomic E-state index is 12.9. The monoisotopic (exact) mass is 418 g/mol. The van der Waals surface area contributed by atoms with Crippen molar-refractivity contribution < 1.29 is 15.0 Å². The Bertz CT molecular complexity index is 1020. The molecule has 162 valence electrons. The molecule has 2 aromatic rings. The predicted octanol–water partition coefficient (Wildman–Crippen LogP) is 2.99. The number of hydrogen-bond acceptors (Lipinski definition) is 4. The third kappa shape index (κ3) is 2.94. The average Bonchev–Trinajstić information content (AvgIpc) is 3.51. The van der Waals surface area contributed by atoms with Crippen LogP contribution in [0.1, 0.15) is 53.6 Å². The fourth-order valence-electron chi connectivity index (χ4n) is 6.79. The van der Waals surface area contributed by atoms with Crippen LogP contribution in [0.3, 0.4) is 0 Å². The maximum Gasteiger partial charge on any atom is 0.251 e. The summed E-state index contributed by atoms with van der Waals surface area (Å²) in [5.41, 5.74) is 1.67. The van der Waals surface area contributed by atoms with Crippen LogP contribution >= 0.6 is 0 Å². The number of aromatic hydroxyl groups is 1. The summed E-state index contributed by atoms with van der Waals surface area (Å²) in [6.07, 6.45) is 5.54. The first-order chi connectivity index (χ1) is 15.0. The zero-order valence-corrected chi connectivity index (χ0v) is 17.8. The van der Waals surface area contributed by atoms with Crippen LogP contribution in [0.5, 0.6) is 5.75 Å². The molecule has 6 rings (SSSR count). The van der Waals surface area contributed by atoms with E-state index in [9.17, 15) is 15.0 Å². The Labute approximate surface area is 183 Å². The Balaban J connectivity index is 1.36. The normalized spacial score (nSPS) is 34.1. The van der Waals surface area contributed by atoms with Gasteiger partial charge >= 0.3 is 0 Å². The zero-order chi connectivity index (χ0) is 21.2. The molecule has 0 spiro atoms. The lowest BCUT2D eigenvalue weighted by Crippen LogP contribution is -2.69. The van der Waals surface area contributed by atoms with Crippen molar-refractivity contribution >= 4 is 5.91 Å². The third-order valence-electron chi connectivity index (χ3n) is 8.38. The Kier molecular flexibility index (Phi) is 4.25. The molecule has 3 N–H and O–H groups in total. The van der Waals surface area contributed by atoms with E-state index in [1.54, 1.807) is 6.07 Å². The minimum Gasteiger partial charge on any atom is -0.508 e. The van der Waals surface area contributed by atoms with Crippen molar-refractivity contribution in [2.75, 3.05) is 13.1 Å². The van der Waals surface area contributed by atoms with E-state index < -0.39 is 11.0 Å². The summed E-state index contributed by atoms with van der Waals surface area (Å²) in [6, 6.07) is 15.0. The van der Waals surface area contributed by atoms with Crippen LogP contribution in [-0.4, -0.2) is 51.8 Å². The van der Waals surface area contributed by atoms with Crippen molar-refractivity contribution in [1.82, 2.24) is 10.2 Å². The van der Waals surface area contributed by atoms with E-state index in [-0.39, 0.29) is 23.7 Å². The van der Waals surface area contributed by atoms with E-state index in [4.69, 9.17) is 0 Å². The third-order valence-corrected chi connectivity index (χ3v) is 8.38. The molecule has 2 bridgehead atoms. The van der Waals surface area contributed by atoms with Gasteiger partial charge < -0.3 is 15.5 Å². The van der Waals surface area contributed by atoms with Crippen LogP contribution < -0.4 is 5.32 Å². The van der Waals surface area contributed by atoms with Crippen molar-refractivity contribution in [3.63, 3.8) is 0 Å². The van der Waals surface area contributed by atoms with E-state index >= 15 is 0 Å². The zero-order valence-electron chi connectivity index (χ0n) is 17.8. The number of fused-ring (bicyclic) bond motifs is 1. The fraction of sp³-hybridized carbons (Fsp3) is 0.500. The highest BCUT2D eigenvalue weighted by Gasteiger charge is 2.67. The van der Waals surface area contributed by atoms with Gasteiger partial charge in [0.2, 0.25) is 0 Å². The molecule has 3 fully saturated rings. The number of carbonyl (C=O) groups is 1. The van der Waals surface area contributed by atoms with Crippen molar-refractivity contribution in [3.05, 3.63) is 65.2 Å². The van der Waals surface area contributed by atoms with Crippen molar-refractivity contribution in [3.8, 4) is 5.75 Å². The summed E-state index contributed by atoms with van der Waals surface area (Å²) in [5.74, 6) is 0.947. The molecule has 5 nitrogen and oxygen atoms in total. The average molecular weight is 419 g/mol. The van der Waals surface area contributed by atoms with Gasteiger partial charge in [0, 0.05) is 29.6 Å². The number of rotatable bonds is 4. The summed E-state index contributed by atoms with van der Waals surface area (Å²) in [6.45, 7) is 2.04. The highest BCUT2D eigenvalue weighted by atomic mass is 16.3. The van der Waals surface area contributed by atoms with Crippen molar-refractivity contribution in [1.29, 1.82) is 0 Å². The second-order valence-corrected chi connectivity index (χ2v) is 10.2. The van der Waals surface area contributed by atoms with Gasteiger partial charge in [0.25, 0.3) is 5.91 Å². The molecule has 4 atom stereocenters. The van der Waals surface area contributed by atoms with Crippen LogP contribution in [0.2, 0.25) is 0 Å². The molecule has 5 heteroatoms. The Hall–Kier alpha value is -2.37. The number of likely N-dealkylation sites (tertiary alicyclic amines) is 1. The van der Waals surface area contributed by atoms with Crippen molar-refractivity contribution in [2.45, 2.75) is 61.6 Å². The quantitative estimate of drug-likeness (QED) is 0.714. The van der Waals surface area contributed by atoms with Gasteiger partial charge in [-0.1, -0.05) is 24.3 Å². The van der Waals surface area contributed by atoms with Gasteiger partial charge in [-0.25, -0.2) is 0 Å². The van der Waals surface area contributed by atoms with Crippen LogP contribution in [-0.2, 0) is 11.8 Å². The lowest BCUT2D eigenvalue weighted by Gasteiger charge is -2.59. The lowest BCUT2D eigenvalue weighted by molar-refractivity contribution is -0.131. The first-order valence-corrected chi connectivity index (χ1v) is 11.6. The second-order valence-electron chi connectivity index (χ2n) is 10.2. The van der Waals surface area contributed by atoms with Gasteiger partial charge in [0.1, 0.15) is 5.75 Å². The van der Waals surface area contributed by atoms with Gasteiger partial charge in [-0.3, -0.25) is 9.69 Å². The van der Waals surface area contributed by atoms with Gasteiger partial charge in [-0.2, -0.15) is 0 Å². The first-order valence-electron chi connectivity index (χ1n) is 11.6. The predicted molar refractivity (Wildman–Crippen MR) is 118 cm³/mol. The summed E-state index contributed by atoms with van der Waals surface area (Å²) >= 11 is 0. The van der Waals surface area contributed by atoms with Crippen LogP contribution in [0.15, 0.2) is 48.5 Å². The van der Waals surface area contributed by atoms with E-state index in [0.717, 1.165) is 37.4 Å². The number of phenols is 1. The molecule has 0 aromatic heterocycles. The molecule has 31 heavy (non-hydrogen) atoms. The van der Waals surface area contributed by atoms with Gasteiger partial charge in [-0.05, 0) is 86.4 Å². The largest absolute Gasteiger partial charge is 0.508 e. The highest BCUT2D eigenvalue weighted by molar-refractivity contribution is 5.94. The molecular weight excluding hydrogens is 388 g/mol. The molecule has 0 unspecified atom stereocenters. The van der Waals surface area contributed by atoms with E-state index in [0.29, 0.717) is 18.4 Å². The molecular formula is C26H30N2O3. The van der Waals surface area contributed by atoms with E-state index in [2.05, 4.69) is 10.2 Å². The number of piperidine rings is 1. The number of nitrogens with zero attached hydrogens (tertiary/aromatic N) is 1. The molecule has 2 aromatic carbocycles. The number of carbonyl (C=O) groups excluding carboxylic acids is 1. The SMILES string of the molecule is O=C(N[C@@H]1C[C@@]23CCN(CC4CC4)[C@H](Cc4ccc(O)cc42)[C@]3(O)C1)c1ccccc1. The maximum absolute atomic E-state index is 12.9. The number of hydrogen-bond donors (Lipinski definition) is 3. The molecule has 0 radical (unpaired) electrons. The topological polar surface area (TPSA) is 72.8 Å². The molecule has 2 saturated carbocycles. The highest BCUT2D eigenvalue weighted by Crippen LogP contribution is 2.60. The van der Waals surface area contributed by atoms with E-state index in [1.165, 1.54) is 18.4 Å². The fourth-order valence-corrected chi connectivity index (χ4v) is 6.79. The van der Waals surface area contributed by atoms with Gasteiger partial charge in [0.05, 0.1) is 5.60 Å². The Morgan fingerprint density at radius 2 is 1.94 bits per heavy atom. The van der Waals surface area contributed by atoms with E-state index in [1.807, 2.05) is 42.5 Å². The summed E-state index contributed by atoms with van der Waals surface area (Å²) < 4.78 is 0. The second kappa shape index (κ2) is 6.81. The molecule has 4 aliphatic rings. The standard InChI is InChI=1S/C26H30N2O3/c29-21-9-8-19-12-23-26(31)15-20(27-24(30)18-4-2-1-3-5-18)14-25(26,22(19)13-21)10-11-28(23)16-17-6-7-17/h1-5,8-9,13,17,20,23,29,31H,6-7,10-12,14-16H2,(H,27,30)/t20-,23-,25+,26-/m1/s1. The molecule has 1 amide bonds. The van der Waals surface area contributed by atoms with Crippen LogP contribution in [0.25, 0.3) is 0 Å². The summed E-state index contributed by atoms with van der Waals surface area (Å²) in [5, 5.41) is 25.8. The molecule has 1 saturated heterocycles. The van der Waals surface area contributed by atoms with Gasteiger partial charge in [-0.15, -0.1) is 0 Å². The molecule has 1 heterocycles. The summed E-state index contributed by atoms with van der Waals surface area (Å²) in [7, 11) is 0. The smallest absolute Gasteiger partial charge is 0.251 e. The Morgan fingerprint density at radius 3 is 2.71 bits per heavy atom. The molecule has 1 aliphatic heterocycles. The number of aliphatic hydroxyl groups is 1. The minimum atomic E-state index is -0.893. The van der Waals surface area contributed by atoms with Gasteiger partial charge in [0.15, 0.2) is 0 Å². The minimum absolute atomic E-state index is 0.0671. The van der Waals surface area contributed by atoms with Crippen LogP contribution in [0, 0.1) is 5.92 Å².